The van der Waals surface area contributed by atoms with Gasteiger partial charge in [-0.25, -0.2) is 0 Å². The Morgan fingerprint density at radius 2 is 1.86 bits per heavy atom. The lowest BCUT2D eigenvalue weighted by atomic mass is 9.71. The van der Waals surface area contributed by atoms with E-state index in [-0.39, 0.29) is 5.91 Å². The molecule has 1 aliphatic heterocycles. The van der Waals surface area contributed by atoms with Crippen LogP contribution < -0.4 is 5.32 Å². The van der Waals surface area contributed by atoms with Crippen molar-refractivity contribution < 1.29 is 9.32 Å². The van der Waals surface area contributed by atoms with E-state index in [1.807, 2.05) is 44.2 Å². The zero-order valence-corrected chi connectivity index (χ0v) is 17.5. The second-order valence-corrected chi connectivity index (χ2v) is 8.09. The third-order valence-corrected chi connectivity index (χ3v) is 5.86. The molecule has 0 saturated carbocycles. The van der Waals surface area contributed by atoms with Crippen LogP contribution in [0, 0.1) is 13.8 Å². The number of amides is 1. The van der Waals surface area contributed by atoms with Crippen LogP contribution in [0.5, 0.6) is 0 Å². The Bertz CT molecular complexity index is 1020. The summed E-state index contributed by atoms with van der Waals surface area (Å²) < 4.78 is 5.38. The van der Waals surface area contributed by atoms with Crippen molar-refractivity contribution in [1.82, 2.24) is 10.1 Å². The second kappa shape index (κ2) is 7.48. The van der Waals surface area contributed by atoms with E-state index in [0.29, 0.717) is 0 Å². The maximum Gasteiger partial charge on any atom is 0.239 e. The maximum absolute atomic E-state index is 13.4. The molecule has 1 atom stereocenters. The number of rotatable bonds is 6. The van der Waals surface area contributed by atoms with Crippen molar-refractivity contribution in [2.75, 3.05) is 26.0 Å². The normalized spacial score (nSPS) is 18.2. The van der Waals surface area contributed by atoms with Gasteiger partial charge in [-0.1, -0.05) is 41.6 Å². The number of nitrogens with one attached hydrogen (secondary N) is 1. The van der Waals surface area contributed by atoms with E-state index in [4.69, 9.17) is 4.52 Å². The Morgan fingerprint density at radius 3 is 2.52 bits per heavy atom. The lowest BCUT2D eigenvalue weighted by Gasteiger charge is -2.29. The standard InChI is InChI=1S/C24H27N3O2/c1-16-22(17(2)29-26-16)18-11-12-21-20(15-18)24(23(28)25-21,13-8-14-27(3)4)19-9-6-5-7-10-19/h5-7,9-12,15H,8,13-14H2,1-4H3,(H,25,28). The van der Waals surface area contributed by atoms with Gasteiger partial charge in [0.25, 0.3) is 0 Å². The molecule has 3 aromatic rings. The molecular formula is C24H27N3O2. The van der Waals surface area contributed by atoms with Gasteiger partial charge in [-0.15, -0.1) is 0 Å². The molecule has 5 nitrogen and oxygen atoms in total. The van der Waals surface area contributed by atoms with E-state index in [1.54, 1.807) is 0 Å². The number of hydrogen-bond donors (Lipinski definition) is 1. The van der Waals surface area contributed by atoms with Gasteiger partial charge in [0.1, 0.15) is 11.2 Å². The van der Waals surface area contributed by atoms with Gasteiger partial charge in [-0.3, -0.25) is 4.79 Å². The summed E-state index contributed by atoms with van der Waals surface area (Å²) >= 11 is 0. The van der Waals surface area contributed by atoms with Gasteiger partial charge in [0.2, 0.25) is 5.91 Å². The summed E-state index contributed by atoms with van der Waals surface area (Å²) in [7, 11) is 4.13. The summed E-state index contributed by atoms with van der Waals surface area (Å²) in [4.78, 5) is 15.6. The molecule has 0 bridgehead atoms. The highest BCUT2D eigenvalue weighted by atomic mass is 16.5. The van der Waals surface area contributed by atoms with Crippen molar-refractivity contribution in [3.8, 4) is 11.1 Å². The number of aryl methyl sites for hydroxylation is 2. The molecule has 0 spiro atoms. The Labute approximate surface area is 171 Å². The highest BCUT2D eigenvalue weighted by Gasteiger charge is 2.47. The molecule has 4 rings (SSSR count). The lowest BCUT2D eigenvalue weighted by molar-refractivity contribution is -0.119. The molecule has 1 aliphatic rings. The summed E-state index contributed by atoms with van der Waals surface area (Å²) in [5.74, 6) is 0.839. The smallest absolute Gasteiger partial charge is 0.239 e. The van der Waals surface area contributed by atoms with Crippen LogP contribution in [0.1, 0.15) is 35.4 Å². The van der Waals surface area contributed by atoms with E-state index in [9.17, 15) is 4.79 Å². The molecule has 0 fully saturated rings. The van der Waals surface area contributed by atoms with Gasteiger partial charge < -0.3 is 14.7 Å². The topological polar surface area (TPSA) is 58.4 Å². The maximum atomic E-state index is 13.4. The predicted octanol–water partition coefficient (Wildman–Crippen LogP) is 4.54. The highest BCUT2D eigenvalue weighted by molar-refractivity contribution is 6.09. The first-order valence-electron chi connectivity index (χ1n) is 10.0. The minimum atomic E-state index is -0.693. The molecule has 1 aromatic heterocycles. The largest absolute Gasteiger partial charge is 0.361 e. The van der Waals surface area contributed by atoms with Crippen LogP contribution in [0.3, 0.4) is 0 Å². The fourth-order valence-electron chi connectivity index (χ4n) is 4.47. The van der Waals surface area contributed by atoms with Gasteiger partial charge in [0, 0.05) is 11.3 Å². The Kier molecular flexibility index (Phi) is 5.01. The Balaban J connectivity index is 1.87. The zero-order valence-electron chi connectivity index (χ0n) is 17.5. The summed E-state index contributed by atoms with van der Waals surface area (Å²) in [5.41, 5.74) is 5.15. The molecule has 150 valence electrons. The molecule has 2 aromatic carbocycles. The number of benzene rings is 2. The number of nitrogens with zero attached hydrogens (tertiary/aromatic N) is 2. The van der Waals surface area contributed by atoms with Crippen molar-refractivity contribution in [1.29, 1.82) is 0 Å². The molecular weight excluding hydrogens is 362 g/mol. The van der Waals surface area contributed by atoms with E-state index in [0.717, 1.165) is 58.8 Å². The first-order valence-corrected chi connectivity index (χ1v) is 10.0. The minimum Gasteiger partial charge on any atom is -0.361 e. The first-order chi connectivity index (χ1) is 13.9. The van der Waals surface area contributed by atoms with Crippen molar-refractivity contribution in [3.63, 3.8) is 0 Å². The average molecular weight is 389 g/mol. The van der Waals surface area contributed by atoms with Crippen LogP contribution in [-0.2, 0) is 10.2 Å². The fourth-order valence-corrected chi connectivity index (χ4v) is 4.47. The summed E-state index contributed by atoms with van der Waals surface area (Å²) in [6.45, 7) is 4.80. The number of aromatic nitrogens is 1. The summed E-state index contributed by atoms with van der Waals surface area (Å²) in [5, 5.41) is 7.24. The fraction of sp³-hybridized carbons (Fsp3) is 0.333. The molecule has 5 heteroatoms. The minimum absolute atomic E-state index is 0.0494. The van der Waals surface area contributed by atoms with Crippen LogP contribution in [0.15, 0.2) is 53.1 Å². The number of fused-ring (bicyclic) bond motifs is 1. The van der Waals surface area contributed by atoms with Gasteiger partial charge in [0.05, 0.1) is 5.69 Å². The van der Waals surface area contributed by atoms with Crippen LogP contribution in [0.2, 0.25) is 0 Å². The van der Waals surface area contributed by atoms with E-state index < -0.39 is 5.41 Å². The predicted molar refractivity (Wildman–Crippen MR) is 115 cm³/mol. The van der Waals surface area contributed by atoms with E-state index in [1.165, 1.54) is 0 Å². The van der Waals surface area contributed by atoms with Crippen molar-refractivity contribution in [3.05, 3.63) is 71.1 Å². The number of anilines is 1. The van der Waals surface area contributed by atoms with E-state index >= 15 is 0 Å². The highest BCUT2D eigenvalue weighted by Crippen LogP contribution is 2.47. The van der Waals surface area contributed by atoms with Crippen LogP contribution >= 0.6 is 0 Å². The van der Waals surface area contributed by atoms with Gasteiger partial charge in [0.15, 0.2) is 0 Å². The Morgan fingerprint density at radius 1 is 1.10 bits per heavy atom. The van der Waals surface area contributed by atoms with Crippen molar-refractivity contribution in [2.45, 2.75) is 32.1 Å². The molecule has 1 amide bonds. The van der Waals surface area contributed by atoms with Gasteiger partial charge in [-0.05, 0) is 76.2 Å². The molecule has 2 heterocycles. The van der Waals surface area contributed by atoms with Crippen LogP contribution in [0.25, 0.3) is 11.1 Å². The molecule has 29 heavy (non-hydrogen) atoms. The van der Waals surface area contributed by atoms with Gasteiger partial charge >= 0.3 is 0 Å². The molecule has 0 radical (unpaired) electrons. The third kappa shape index (κ3) is 3.25. The van der Waals surface area contributed by atoms with Crippen molar-refractivity contribution in [2.24, 2.45) is 0 Å². The monoisotopic (exact) mass is 389 g/mol. The van der Waals surface area contributed by atoms with Crippen LogP contribution in [0.4, 0.5) is 5.69 Å². The average Bonchev–Trinajstić information content (AvgIpc) is 3.18. The van der Waals surface area contributed by atoms with Crippen molar-refractivity contribution >= 4 is 11.6 Å². The number of carbonyl (C=O) groups excluding carboxylic acids is 1. The Hall–Kier alpha value is -2.92. The second-order valence-electron chi connectivity index (χ2n) is 8.09. The van der Waals surface area contributed by atoms with Crippen LogP contribution in [-0.4, -0.2) is 36.6 Å². The molecule has 0 aliphatic carbocycles. The molecule has 1 unspecified atom stereocenters. The van der Waals surface area contributed by atoms with E-state index in [2.05, 4.69) is 47.7 Å². The number of hydrogen-bond acceptors (Lipinski definition) is 4. The zero-order chi connectivity index (χ0) is 20.6. The molecule has 1 N–H and O–H groups in total. The first kappa shape index (κ1) is 19.4. The van der Waals surface area contributed by atoms with Gasteiger partial charge in [-0.2, -0.15) is 0 Å². The SMILES string of the molecule is Cc1noc(C)c1-c1ccc2c(c1)C(CCCN(C)C)(c1ccccc1)C(=O)N2. The summed E-state index contributed by atoms with van der Waals surface area (Å²) in [6.07, 6.45) is 1.67. The quantitative estimate of drug-likeness (QED) is 0.672. The lowest BCUT2D eigenvalue weighted by Crippen LogP contribution is -2.36. The number of carbonyl (C=O) groups is 1. The third-order valence-electron chi connectivity index (χ3n) is 5.86. The summed E-state index contributed by atoms with van der Waals surface area (Å²) in [6, 6.07) is 16.3. The molecule has 0 saturated heterocycles.